The summed E-state index contributed by atoms with van der Waals surface area (Å²) in [4.78, 5) is 0. The molecule has 0 aromatic heterocycles. The second kappa shape index (κ2) is 4.42. The maximum Gasteiger partial charge on any atom is 0.180 e. The fraction of sp³-hybridized carbons (Fsp3) is 0.500. The van der Waals surface area contributed by atoms with Crippen LogP contribution in [0.5, 0.6) is 17.2 Å². The van der Waals surface area contributed by atoms with E-state index in [0.29, 0.717) is 29.7 Å². The van der Waals surface area contributed by atoms with E-state index in [1.165, 1.54) is 6.07 Å². The predicted molar refractivity (Wildman–Crippen MR) is 62.8 cm³/mol. The van der Waals surface area contributed by atoms with Gasteiger partial charge in [0, 0.05) is 18.1 Å². The Morgan fingerprint density at radius 2 is 1.88 bits per heavy atom. The molecule has 1 N–H and O–H groups in total. The van der Waals surface area contributed by atoms with E-state index < -0.39 is 0 Å². The topological polar surface area (TPSA) is 38.7 Å². The van der Waals surface area contributed by atoms with Crippen molar-refractivity contribution in [2.45, 2.75) is 26.2 Å². The summed E-state index contributed by atoms with van der Waals surface area (Å²) < 4.78 is 11.2. The number of hydrogen-bond acceptors (Lipinski definition) is 3. The highest BCUT2D eigenvalue weighted by atomic mass is 35.5. The third kappa shape index (κ3) is 1.92. The van der Waals surface area contributed by atoms with Gasteiger partial charge in [-0.1, -0.05) is 25.4 Å². The molecule has 1 aliphatic rings. The second-order valence-electron chi connectivity index (χ2n) is 4.15. The van der Waals surface area contributed by atoms with Crippen LogP contribution in [0.2, 0.25) is 5.02 Å². The predicted octanol–water partition coefficient (Wildman–Crippen LogP) is 3.33. The summed E-state index contributed by atoms with van der Waals surface area (Å²) in [5, 5.41) is 10.3. The van der Waals surface area contributed by atoms with Crippen LogP contribution >= 0.6 is 11.6 Å². The van der Waals surface area contributed by atoms with Gasteiger partial charge in [0.25, 0.3) is 0 Å². The van der Waals surface area contributed by atoms with Crippen molar-refractivity contribution >= 4 is 11.6 Å². The molecule has 0 saturated carbocycles. The van der Waals surface area contributed by atoms with Crippen molar-refractivity contribution < 1.29 is 14.6 Å². The monoisotopic (exact) mass is 242 g/mol. The van der Waals surface area contributed by atoms with Gasteiger partial charge in [0.2, 0.25) is 0 Å². The van der Waals surface area contributed by atoms with Crippen molar-refractivity contribution in [1.29, 1.82) is 0 Å². The molecule has 4 heteroatoms. The van der Waals surface area contributed by atoms with Crippen LogP contribution in [0.3, 0.4) is 0 Å². The summed E-state index contributed by atoms with van der Waals surface area (Å²) in [5.74, 6) is 1.48. The van der Waals surface area contributed by atoms with E-state index in [0.717, 1.165) is 12.0 Å². The molecule has 0 atom stereocenters. The first kappa shape index (κ1) is 11.4. The molecule has 1 aromatic rings. The van der Waals surface area contributed by atoms with Crippen LogP contribution in [0.4, 0.5) is 0 Å². The van der Waals surface area contributed by atoms with Crippen molar-refractivity contribution in [1.82, 2.24) is 0 Å². The molecule has 0 unspecified atom stereocenters. The number of rotatable bonds is 1. The molecule has 88 valence electrons. The lowest BCUT2D eigenvalue weighted by Gasteiger charge is -2.17. The number of benzene rings is 1. The molecule has 1 aliphatic heterocycles. The maximum absolute atomic E-state index is 9.89. The first-order chi connectivity index (χ1) is 7.61. The van der Waals surface area contributed by atoms with Gasteiger partial charge in [0.05, 0.1) is 18.2 Å². The minimum atomic E-state index is 0.160. The molecule has 0 aliphatic carbocycles. The zero-order chi connectivity index (χ0) is 11.7. The number of halogens is 1. The second-order valence-corrected chi connectivity index (χ2v) is 4.56. The SMILES string of the molecule is CC(C)c1c(O)cc(Cl)c2c1OCCCO2. The van der Waals surface area contributed by atoms with E-state index in [9.17, 15) is 5.11 Å². The Kier molecular flexibility index (Phi) is 3.15. The number of fused-ring (bicyclic) bond motifs is 1. The van der Waals surface area contributed by atoms with Gasteiger partial charge in [-0.05, 0) is 5.92 Å². The number of phenolic OH excluding ortho intramolecular Hbond substituents is 1. The highest BCUT2D eigenvalue weighted by molar-refractivity contribution is 6.32. The van der Waals surface area contributed by atoms with Gasteiger partial charge < -0.3 is 14.6 Å². The minimum absolute atomic E-state index is 0.160. The molecule has 0 bridgehead atoms. The van der Waals surface area contributed by atoms with E-state index in [-0.39, 0.29) is 11.7 Å². The summed E-state index contributed by atoms with van der Waals surface area (Å²) in [5.41, 5.74) is 0.765. The van der Waals surface area contributed by atoms with Crippen LogP contribution in [0.15, 0.2) is 6.07 Å². The number of phenols is 1. The van der Waals surface area contributed by atoms with Gasteiger partial charge in [-0.15, -0.1) is 0 Å². The molecule has 0 saturated heterocycles. The van der Waals surface area contributed by atoms with Crippen LogP contribution in [0.25, 0.3) is 0 Å². The van der Waals surface area contributed by atoms with Gasteiger partial charge in [0.15, 0.2) is 11.5 Å². The molecular formula is C12H15ClO3. The van der Waals surface area contributed by atoms with Gasteiger partial charge in [-0.3, -0.25) is 0 Å². The Labute approximate surface area is 99.9 Å². The van der Waals surface area contributed by atoms with Crippen LogP contribution in [0.1, 0.15) is 31.7 Å². The van der Waals surface area contributed by atoms with Gasteiger partial charge in [0.1, 0.15) is 5.75 Å². The summed E-state index contributed by atoms with van der Waals surface area (Å²) in [7, 11) is 0. The Morgan fingerprint density at radius 3 is 2.50 bits per heavy atom. The van der Waals surface area contributed by atoms with Crippen molar-refractivity contribution in [2.24, 2.45) is 0 Å². The van der Waals surface area contributed by atoms with Crippen molar-refractivity contribution in [3.63, 3.8) is 0 Å². The summed E-state index contributed by atoms with van der Waals surface area (Å²) in [6.45, 7) is 5.18. The van der Waals surface area contributed by atoms with Gasteiger partial charge in [-0.25, -0.2) is 0 Å². The molecular weight excluding hydrogens is 228 g/mol. The molecule has 2 rings (SSSR count). The van der Waals surface area contributed by atoms with Crippen molar-refractivity contribution in [3.05, 3.63) is 16.7 Å². The van der Waals surface area contributed by atoms with E-state index in [1.54, 1.807) is 0 Å². The zero-order valence-electron chi connectivity index (χ0n) is 9.42. The van der Waals surface area contributed by atoms with Crippen LogP contribution in [-0.2, 0) is 0 Å². The smallest absolute Gasteiger partial charge is 0.180 e. The van der Waals surface area contributed by atoms with E-state index >= 15 is 0 Å². The van der Waals surface area contributed by atoms with Crippen LogP contribution < -0.4 is 9.47 Å². The number of ether oxygens (including phenoxy) is 2. The van der Waals surface area contributed by atoms with E-state index in [1.807, 2.05) is 13.8 Å². The minimum Gasteiger partial charge on any atom is -0.507 e. The molecule has 0 amide bonds. The van der Waals surface area contributed by atoms with Gasteiger partial charge in [-0.2, -0.15) is 0 Å². The van der Waals surface area contributed by atoms with Crippen LogP contribution in [0, 0.1) is 0 Å². The Balaban J connectivity index is 2.61. The zero-order valence-corrected chi connectivity index (χ0v) is 10.2. The van der Waals surface area contributed by atoms with E-state index in [2.05, 4.69) is 0 Å². The maximum atomic E-state index is 9.89. The highest BCUT2D eigenvalue weighted by Crippen LogP contribution is 2.47. The fourth-order valence-electron chi connectivity index (χ4n) is 1.85. The van der Waals surface area contributed by atoms with Crippen molar-refractivity contribution in [3.8, 4) is 17.2 Å². The van der Waals surface area contributed by atoms with Gasteiger partial charge >= 0.3 is 0 Å². The molecule has 0 spiro atoms. The van der Waals surface area contributed by atoms with Crippen LogP contribution in [-0.4, -0.2) is 18.3 Å². The molecule has 3 nitrogen and oxygen atoms in total. The molecule has 16 heavy (non-hydrogen) atoms. The lowest BCUT2D eigenvalue weighted by atomic mass is 10.0. The lowest BCUT2D eigenvalue weighted by Crippen LogP contribution is -2.00. The molecule has 1 aromatic carbocycles. The first-order valence-electron chi connectivity index (χ1n) is 5.42. The quantitative estimate of drug-likeness (QED) is 0.821. The largest absolute Gasteiger partial charge is 0.507 e. The highest BCUT2D eigenvalue weighted by Gasteiger charge is 2.23. The van der Waals surface area contributed by atoms with E-state index in [4.69, 9.17) is 21.1 Å². The molecule has 0 radical (unpaired) electrons. The standard InChI is InChI=1S/C12H15ClO3/c1-7(2)10-9(14)6-8(13)11-12(10)16-5-3-4-15-11/h6-7,14H,3-5H2,1-2H3. The third-order valence-corrected chi connectivity index (χ3v) is 2.85. The lowest BCUT2D eigenvalue weighted by molar-refractivity contribution is 0.295. The summed E-state index contributed by atoms with van der Waals surface area (Å²) >= 11 is 6.03. The fourth-order valence-corrected chi connectivity index (χ4v) is 2.10. The average Bonchev–Trinajstić information content (AvgIpc) is 2.42. The Bertz CT molecular complexity index is 402. The average molecular weight is 243 g/mol. The normalized spacial score (nSPS) is 15.0. The number of hydrogen-bond donors (Lipinski definition) is 1. The number of aromatic hydroxyl groups is 1. The molecule has 0 fully saturated rings. The first-order valence-corrected chi connectivity index (χ1v) is 5.80. The Hall–Kier alpha value is -1.09. The Morgan fingerprint density at radius 1 is 1.25 bits per heavy atom. The van der Waals surface area contributed by atoms with Crippen molar-refractivity contribution in [2.75, 3.05) is 13.2 Å². The molecule has 1 heterocycles. The summed E-state index contributed by atoms with van der Waals surface area (Å²) in [6.07, 6.45) is 0.823. The third-order valence-electron chi connectivity index (χ3n) is 2.57. The summed E-state index contributed by atoms with van der Waals surface area (Å²) in [6, 6.07) is 1.52.